The van der Waals surface area contributed by atoms with E-state index >= 15 is 0 Å². The predicted octanol–water partition coefficient (Wildman–Crippen LogP) is 2.70. The molecule has 2 rings (SSSR count). The first kappa shape index (κ1) is 11.7. The van der Waals surface area contributed by atoms with Gasteiger partial charge in [0.05, 0.1) is 19.6 Å². The number of carbonyl (C=O) groups is 1. The molecule has 1 heterocycles. The molecule has 0 atom stereocenters. The highest BCUT2D eigenvalue weighted by atomic mass is 35.5. The normalized spacial score (nSPS) is 15.5. The van der Waals surface area contributed by atoms with E-state index in [1.165, 1.54) is 5.06 Å². The summed E-state index contributed by atoms with van der Waals surface area (Å²) in [6, 6.07) is 5.20. The van der Waals surface area contributed by atoms with Gasteiger partial charge >= 0.3 is 0 Å². The highest BCUT2D eigenvalue weighted by molar-refractivity contribution is 6.36. The van der Waals surface area contributed by atoms with Crippen molar-refractivity contribution in [2.45, 2.75) is 12.8 Å². The van der Waals surface area contributed by atoms with Crippen molar-refractivity contribution < 1.29 is 9.63 Å². The minimum atomic E-state index is -0.104. The van der Waals surface area contributed by atoms with Crippen LogP contribution >= 0.6 is 23.2 Å². The number of hydrogen-bond acceptors (Lipinski definition) is 2. The Morgan fingerprint density at radius 2 is 2.06 bits per heavy atom. The highest BCUT2D eigenvalue weighted by Gasteiger charge is 2.21. The van der Waals surface area contributed by atoms with Crippen molar-refractivity contribution in [1.82, 2.24) is 5.06 Å². The molecular weight excluding hydrogens is 249 g/mol. The summed E-state index contributed by atoms with van der Waals surface area (Å²) < 4.78 is 0. The molecule has 0 bridgehead atoms. The van der Waals surface area contributed by atoms with Gasteiger partial charge in [-0.3, -0.25) is 9.63 Å². The molecule has 16 heavy (non-hydrogen) atoms. The molecule has 0 saturated carbocycles. The lowest BCUT2D eigenvalue weighted by Crippen LogP contribution is -2.28. The van der Waals surface area contributed by atoms with Gasteiger partial charge in [-0.1, -0.05) is 29.3 Å². The van der Waals surface area contributed by atoms with Crippen LogP contribution in [0.15, 0.2) is 18.2 Å². The SMILES string of the molecule is O=C(Cc1c(Cl)cccc1Cl)N1CCCO1. The highest BCUT2D eigenvalue weighted by Crippen LogP contribution is 2.25. The lowest BCUT2D eigenvalue weighted by atomic mass is 10.1. The summed E-state index contributed by atoms with van der Waals surface area (Å²) in [4.78, 5) is 17.0. The van der Waals surface area contributed by atoms with Crippen LogP contribution < -0.4 is 0 Å². The maximum absolute atomic E-state index is 11.8. The maximum Gasteiger partial charge on any atom is 0.250 e. The van der Waals surface area contributed by atoms with Crippen LogP contribution in [-0.4, -0.2) is 24.1 Å². The molecule has 1 saturated heterocycles. The fourth-order valence-electron chi connectivity index (χ4n) is 1.58. The number of nitrogens with zero attached hydrogens (tertiary/aromatic N) is 1. The minimum Gasteiger partial charge on any atom is -0.272 e. The van der Waals surface area contributed by atoms with Crippen molar-refractivity contribution in [2.24, 2.45) is 0 Å². The molecule has 1 fully saturated rings. The quantitative estimate of drug-likeness (QED) is 0.818. The fourth-order valence-corrected chi connectivity index (χ4v) is 2.12. The molecule has 1 aliphatic rings. The molecule has 0 unspecified atom stereocenters. The van der Waals surface area contributed by atoms with Crippen LogP contribution in [0.4, 0.5) is 0 Å². The average molecular weight is 260 g/mol. The molecule has 1 aromatic carbocycles. The van der Waals surface area contributed by atoms with Crippen LogP contribution in [0.2, 0.25) is 10.0 Å². The fraction of sp³-hybridized carbons (Fsp3) is 0.364. The molecule has 0 radical (unpaired) electrons. The minimum absolute atomic E-state index is 0.104. The van der Waals surface area contributed by atoms with Gasteiger partial charge in [0, 0.05) is 10.0 Å². The van der Waals surface area contributed by atoms with Crippen LogP contribution in [0.1, 0.15) is 12.0 Å². The number of halogens is 2. The third-order valence-corrected chi connectivity index (χ3v) is 3.13. The van der Waals surface area contributed by atoms with Gasteiger partial charge in [0.25, 0.3) is 5.91 Å². The van der Waals surface area contributed by atoms with E-state index in [0.717, 1.165) is 6.42 Å². The Morgan fingerprint density at radius 1 is 1.38 bits per heavy atom. The maximum atomic E-state index is 11.8. The van der Waals surface area contributed by atoms with Gasteiger partial charge < -0.3 is 0 Å². The first-order valence-electron chi connectivity index (χ1n) is 5.04. The zero-order valence-electron chi connectivity index (χ0n) is 8.58. The Bertz CT molecular complexity index is 383. The van der Waals surface area contributed by atoms with Gasteiger partial charge in [0.15, 0.2) is 0 Å². The van der Waals surface area contributed by atoms with Crippen molar-refractivity contribution in [1.29, 1.82) is 0 Å². The summed E-state index contributed by atoms with van der Waals surface area (Å²) in [5.74, 6) is -0.104. The van der Waals surface area contributed by atoms with Gasteiger partial charge in [-0.2, -0.15) is 0 Å². The van der Waals surface area contributed by atoms with Crippen molar-refractivity contribution in [3.05, 3.63) is 33.8 Å². The van der Waals surface area contributed by atoms with E-state index in [1.54, 1.807) is 18.2 Å². The summed E-state index contributed by atoms with van der Waals surface area (Å²) in [7, 11) is 0. The first-order valence-corrected chi connectivity index (χ1v) is 5.80. The molecule has 1 aromatic rings. The molecule has 86 valence electrons. The standard InChI is InChI=1S/C11H11Cl2NO2/c12-9-3-1-4-10(13)8(9)7-11(15)14-5-2-6-16-14/h1,3-4H,2,5-7H2. The predicted molar refractivity (Wildman–Crippen MR) is 62.4 cm³/mol. The van der Waals surface area contributed by atoms with Crippen molar-refractivity contribution >= 4 is 29.1 Å². The number of benzene rings is 1. The second-order valence-electron chi connectivity index (χ2n) is 3.56. The van der Waals surface area contributed by atoms with Gasteiger partial charge in [0.1, 0.15) is 0 Å². The molecule has 0 spiro atoms. The first-order chi connectivity index (χ1) is 7.68. The van der Waals surface area contributed by atoms with Crippen molar-refractivity contribution in [3.8, 4) is 0 Å². The Kier molecular flexibility index (Phi) is 3.69. The third kappa shape index (κ3) is 2.48. The molecule has 1 amide bonds. The number of amides is 1. The average Bonchev–Trinajstić information content (AvgIpc) is 2.76. The Balaban J connectivity index is 2.11. The van der Waals surface area contributed by atoms with Gasteiger partial charge in [-0.25, -0.2) is 5.06 Å². The lowest BCUT2D eigenvalue weighted by Gasteiger charge is -2.14. The topological polar surface area (TPSA) is 29.5 Å². The summed E-state index contributed by atoms with van der Waals surface area (Å²) >= 11 is 12.0. The van der Waals surface area contributed by atoms with Gasteiger partial charge in [0.2, 0.25) is 0 Å². The number of hydrogen-bond donors (Lipinski definition) is 0. The molecule has 1 aliphatic heterocycles. The van der Waals surface area contributed by atoms with E-state index in [2.05, 4.69) is 0 Å². The Morgan fingerprint density at radius 3 is 2.62 bits per heavy atom. The Hall–Kier alpha value is -0.770. The molecule has 5 heteroatoms. The largest absolute Gasteiger partial charge is 0.272 e. The second kappa shape index (κ2) is 5.04. The van der Waals surface area contributed by atoms with Gasteiger partial charge in [-0.05, 0) is 24.1 Å². The van der Waals surface area contributed by atoms with E-state index in [4.69, 9.17) is 28.0 Å². The Labute approximate surface area is 104 Å². The van der Waals surface area contributed by atoms with Crippen molar-refractivity contribution in [2.75, 3.05) is 13.2 Å². The summed E-state index contributed by atoms with van der Waals surface area (Å²) in [6.45, 7) is 1.24. The monoisotopic (exact) mass is 259 g/mol. The molecular formula is C11H11Cl2NO2. The molecule has 0 N–H and O–H groups in total. The summed E-state index contributed by atoms with van der Waals surface area (Å²) in [6.07, 6.45) is 1.06. The lowest BCUT2D eigenvalue weighted by molar-refractivity contribution is -0.167. The number of carbonyl (C=O) groups excluding carboxylic acids is 1. The van der Waals surface area contributed by atoms with Crippen LogP contribution in [0.25, 0.3) is 0 Å². The summed E-state index contributed by atoms with van der Waals surface area (Å²) in [5.41, 5.74) is 0.659. The second-order valence-corrected chi connectivity index (χ2v) is 4.37. The van der Waals surface area contributed by atoms with E-state index in [0.29, 0.717) is 28.8 Å². The van der Waals surface area contributed by atoms with Crippen LogP contribution in [-0.2, 0) is 16.1 Å². The third-order valence-electron chi connectivity index (χ3n) is 2.42. The summed E-state index contributed by atoms with van der Waals surface area (Å²) in [5, 5.41) is 2.40. The number of hydroxylamine groups is 2. The van der Waals surface area contributed by atoms with E-state index < -0.39 is 0 Å². The van der Waals surface area contributed by atoms with E-state index in [1.807, 2.05) is 0 Å². The molecule has 0 aliphatic carbocycles. The van der Waals surface area contributed by atoms with Gasteiger partial charge in [-0.15, -0.1) is 0 Å². The zero-order valence-corrected chi connectivity index (χ0v) is 10.1. The van der Waals surface area contributed by atoms with Crippen molar-refractivity contribution in [3.63, 3.8) is 0 Å². The van der Waals surface area contributed by atoms with Crippen LogP contribution in [0, 0.1) is 0 Å². The van der Waals surface area contributed by atoms with Crippen LogP contribution in [0.5, 0.6) is 0 Å². The molecule has 0 aromatic heterocycles. The number of rotatable bonds is 2. The zero-order chi connectivity index (χ0) is 11.5. The van der Waals surface area contributed by atoms with E-state index in [9.17, 15) is 4.79 Å². The smallest absolute Gasteiger partial charge is 0.250 e. The van der Waals surface area contributed by atoms with E-state index in [-0.39, 0.29) is 12.3 Å². The molecule has 3 nitrogen and oxygen atoms in total. The van der Waals surface area contributed by atoms with Crippen LogP contribution in [0.3, 0.4) is 0 Å².